The quantitative estimate of drug-likeness (QED) is 0.716. The monoisotopic (exact) mass is 182 g/mol. The highest BCUT2D eigenvalue weighted by Crippen LogP contribution is 2.09. The summed E-state index contributed by atoms with van der Waals surface area (Å²) in [6, 6.07) is 3.45. The molecule has 0 aliphatic rings. The van der Waals surface area contributed by atoms with Gasteiger partial charge in [-0.2, -0.15) is 0 Å². The number of carbonyl (C=O) groups excluding carboxylic acids is 1. The molecule has 0 spiro atoms. The van der Waals surface area contributed by atoms with Crippen LogP contribution < -0.4 is 0 Å². The smallest absolute Gasteiger partial charge is 0.307 e. The topological polar surface area (TPSA) is 54.4 Å². The number of hydrogen-bond acceptors (Lipinski definition) is 2. The summed E-state index contributed by atoms with van der Waals surface area (Å²) in [6.07, 6.45) is 0.176. The maximum atomic E-state index is 12.6. The van der Waals surface area contributed by atoms with Gasteiger partial charge < -0.3 is 5.11 Å². The van der Waals surface area contributed by atoms with Crippen LogP contribution in [0.25, 0.3) is 0 Å². The summed E-state index contributed by atoms with van der Waals surface area (Å²) in [5.74, 6) is -1.59. The van der Waals surface area contributed by atoms with Crippen LogP contribution in [-0.4, -0.2) is 17.4 Å². The molecule has 1 N–H and O–H groups in total. The molecule has 0 bridgehead atoms. The lowest BCUT2D eigenvalue weighted by molar-refractivity contribution is -0.136. The molecule has 68 valence electrons. The number of benzene rings is 1. The molecule has 0 aliphatic heterocycles. The zero-order chi connectivity index (χ0) is 9.84. The number of halogens is 1. The van der Waals surface area contributed by atoms with Crippen LogP contribution >= 0.6 is 0 Å². The molecular weight excluding hydrogens is 175 g/mol. The molecule has 4 heteroatoms. The van der Waals surface area contributed by atoms with Crippen molar-refractivity contribution in [1.29, 1.82) is 0 Å². The average molecular weight is 182 g/mol. The third-order valence-corrected chi connectivity index (χ3v) is 1.58. The van der Waals surface area contributed by atoms with Crippen LogP contribution in [0.3, 0.4) is 0 Å². The van der Waals surface area contributed by atoms with Gasteiger partial charge in [0, 0.05) is 5.56 Å². The van der Waals surface area contributed by atoms with Gasteiger partial charge in [-0.05, 0) is 17.7 Å². The third kappa shape index (κ3) is 2.37. The highest BCUT2D eigenvalue weighted by molar-refractivity contribution is 5.81. The van der Waals surface area contributed by atoms with Crippen molar-refractivity contribution in [1.82, 2.24) is 0 Å². The van der Waals surface area contributed by atoms with Crippen LogP contribution in [0.2, 0.25) is 0 Å². The van der Waals surface area contributed by atoms with E-state index < -0.39 is 11.8 Å². The summed E-state index contributed by atoms with van der Waals surface area (Å²) >= 11 is 0. The molecule has 0 atom stereocenters. The fraction of sp³-hybridized carbons (Fsp3) is 0.111. The Bertz CT molecular complexity index is 347. The Balaban J connectivity index is 3.05. The number of carboxylic acid groups (broad SMARTS) is 1. The zero-order valence-corrected chi connectivity index (χ0v) is 6.66. The Morgan fingerprint density at radius 2 is 2.23 bits per heavy atom. The molecule has 1 rings (SSSR count). The molecule has 0 amide bonds. The van der Waals surface area contributed by atoms with Gasteiger partial charge in [-0.1, -0.05) is 6.07 Å². The van der Waals surface area contributed by atoms with Gasteiger partial charge in [0.25, 0.3) is 0 Å². The summed E-state index contributed by atoms with van der Waals surface area (Å²) in [4.78, 5) is 20.7. The molecule has 0 radical (unpaired) electrons. The summed E-state index contributed by atoms with van der Waals surface area (Å²) in [6.45, 7) is 0. The highest BCUT2D eigenvalue weighted by Gasteiger charge is 2.06. The largest absolute Gasteiger partial charge is 0.481 e. The molecule has 13 heavy (non-hydrogen) atoms. The minimum Gasteiger partial charge on any atom is -0.481 e. The van der Waals surface area contributed by atoms with Crippen LogP contribution in [0.5, 0.6) is 0 Å². The van der Waals surface area contributed by atoms with Gasteiger partial charge in [0.2, 0.25) is 0 Å². The molecule has 0 heterocycles. The van der Waals surface area contributed by atoms with Crippen molar-refractivity contribution in [3.8, 4) is 0 Å². The van der Waals surface area contributed by atoms with E-state index in [1.807, 2.05) is 0 Å². The summed E-state index contributed by atoms with van der Waals surface area (Å²) in [5.41, 5.74) is 0.409. The molecule has 1 aromatic rings. The highest BCUT2D eigenvalue weighted by atomic mass is 19.1. The fourth-order valence-corrected chi connectivity index (χ4v) is 0.999. The maximum Gasteiger partial charge on any atom is 0.307 e. The van der Waals surface area contributed by atoms with Gasteiger partial charge in [0.1, 0.15) is 12.1 Å². The predicted octanol–water partition coefficient (Wildman–Crippen LogP) is 1.27. The van der Waals surface area contributed by atoms with Crippen LogP contribution in [0, 0.1) is 5.82 Å². The fourth-order valence-electron chi connectivity index (χ4n) is 0.999. The minimum absolute atomic E-state index is 0.0856. The van der Waals surface area contributed by atoms with E-state index in [-0.39, 0.29) is 12.0 Å². The number of carbonyl (C=O) groups is 2. The van der Waals surface area contributed by atoms with Crippen LogP contribution in [0.15, 0.2) is 18.2 Å². The van der Waals surface area contributed by atoms with E-state index in [2.05, 4.69) is 0 Å². The van der Waals surface area contributed by atoms with Gasteiger partial charge in [0.15, 0.2) is 0 Å². The predicted molar refractivity (Wildman–Crippen MR) is 43.1 cm³/mol. The van der Waals surface area contributed by atoms with Crippen molar-refractivity contribution >= 4 is 12.3 Å². The molecule has 0 saturated carbocycles. The first-order valence-electron chi connectivity index (χ1n) is 3.59. The van der Waals surface area contributed by atoms with Gasteiger partial charge in [-0.25, -0.2) is 4.39 Å². The second kappa shape index (κ2) is 3.80. The number of carboxylic acids is 1. The number of hydrogen-bond donors (Lipinski definition) is 1. The first-order chi connectivity index (χ1) is 6.13. The van der Waals surface area contributed by atoms with Crippen molar-refractivity contribution < 1.29 is 19.1 Å². The van der Waals surface area contributed by atoms with Crippen LogP contribution in [0.1, 0.15) is 15.9 Å². The van der Waals surface area contributed by atoms with E-state index in [1.165, 1.54) is 6.07 Å². The molecule has 0 aromatic heterocycles. The van der Waals surface area contributed by atoms with Gasteiger partial charge in [0.05, 0.1) is 6.42 Å². The van der Waals surface area contributed by atoms with E-state index in [9.17, 15) is 14.0 Å². The van der Waals surface area contributed by atoms with Crippen LogP contribution in [-0.2, 0) is 11.2 Å². The Kier molecular flexibility index (Phi) is 2.74. The Morgan fingerprint density at radius 3 is 2.77 bits per heavy atom. The van der Waals surface area contributed by atoms with Crippen molar-refractivity contribution in [2.75, 3.05) is 0 Å². The number of aliphatic carboxylic acids is 1. The lowest BCUT2D eigenvalue weighted by Crippen LogP contribution is -2.03. The third-order valence-electron chi connectivity index (χ3n) is 1.58. The first-order valence-corrected chi connectivity index (χ1v) is 3.59. The van der Waals surface area contributed by atoms with Crippen molar-refractivity contribution in [2.24, 2.45) is 0 Å². The lowest BCUT2D eigenvalue weighted by atomic mass is 10.1. The minimum atomic E-state index is -1.05. The van der Waals surface area contributed by atoms with E-state index in [0.29, 0.717) is 11.8 Å². The van der Waals surface area contributed by atoms with Crippen LogP contribution in [0.4, 0.5) is 4.39 Å². The first kappa shape index (κ1) is 9.38. The number of rotatable bonds is 3. The normalized spacial score (nSPS) is 9.62. The van der Waals surface area contributed by atoms with Gasteiger partial charge >= 0.3 is 5.97 Å². The Hall–Kier alpha value is -1.71. The average Bonchev–Trinajstić information content (AvgIpc) is 2.07. The Morgan fingerprint density at radius 1 is 1.54 bits per heavy atom. The molecule has 0 fully saturated rings. The van der Waals surface area contributed by atoms with E-state index in [0.717, 1.165) is 12.1 Å². The summed E-state index contributed by atoms with van der Waals surface area (Å²) in [5, 5.41) is 8.45. The van der Waals surface area contributed by atoms with Gasteiger partial charge in [-0.15, -0.1) is 0 Å². The van der Waals surface area contributed by atoms with Crippen molar-refractivity contribution in [3.05, 3.63) is 35.1 Å². The molecule has 3 nitrogen and oxygen atoms in total. The van der Waals surface area contributed by atoms with Crippen molar-refractivity contribution in [2.45, 2.75) is 6.42 Å². The van der Waals surface area contributed by atoms with E-state index >= 15 is 0 Å². The second-order valence-corrected chi connectivity index (χ2v) is 2.53. The van der Waals surface area contributed by atoms with E-state index in [4.69, 9.17) is 5.11 Å². The van der Waals surface area contributed by atoms with Crippen molar-refractivity contribution in [3.63, 3.8) is 0 Å². The molecular formula is C9H7FO3. The number of aldehydes is 1. The molecule has 1 aromatic carbocycles. The standard InChI is InChI=1S/C9H7FO3/c10-8-2-1-6(4-9(12)13)7(3-8)5-11/h1-3,5H,4H2,(H,12,13). The maximum absolute atomic E-state index is 12.6. The van der Waals surface area contributed by atoms with Gasteiger partial charge in [-0.3, -0.25) is 9.59 Å². The second-order valence-electron chi connectivity index (χ2n) is 2.53. The zero-order valence-electron chi connectivity index (χ0n) is 6.66. The Labute approximate surface area is 73.8 Å². The molecule has 0 aliphatic carbocycles. The SMILES string of the molecule is O=Cc1cc(F)ccc1CC(=O)O. The summed E-state index contributed by atoms with van der Waals surface area (Å²) < 4.78 is 12.6. The molecule has 0 saturated heterocycles. The molecule has 0 unspecified atom stereocenters. The lowest BCUT2D eigenvalue weighted by Gasteiger charge is -2.00. The summed E-state index contributed by atoms with van der Waals surface area (Å²) in [7, 11) is 0. The van der Waals surface area contributed by atoms with E-state index in [1.54, 1.807) is 0 Å².